The number of rotatable bonds is 5. The maximum Gasteiger partial charge on any atom is 0.355 e. The molecule has 2 aromatic rings. The number of allylic oxidation sites excluding steroid dienone is 1. The fourth-order valence-electron chi connectivity index (χ4n) is 3.63. The average molecular weight is 453 g/mol. The Bertz CT molecular complexity index is 1220. The fourth-order valence-corrected chi connectivity index (χ4v) is 3.63. The summed E-state index contributed by atoms with van der Waals surface area (Å²) in [7, 11) is 3.45. The monoisotopic (exact) mass is 453 g/mol. The molecule has 2 aromatic carbocycles. The number of ether oxygens (including phenoxy) is 3. The van der Waals surface area contributed by atoms with E-state index in [0.717, 1.165) is 31.3 Å². The Morgan fingerprint density at radius 2 is 1.76 bits per heavy atom. The molecule has 10 heteroatoms. The average Bonchev–Trinajstić information content (AvgIpc) is 2.84. The van der Waals surface area contributed by atoms with Crippen molar-refractivity contribution >= 4 is 17.6 Å². The van der Waals surface area contributed by atoms with Crippen LogP contribution >= 0.6 is 0 Å². The number of nitrogens with two attached hydrogens (primary N) is 1. The van der Waals surface area contributed by atoms with E-state index in [1.54, 1.807) is 30.3 Å². The van der Waals surface area contributed by atoms with E-state index in [1.165, 1.54) is 7.11 Å². The lowest BCUT2D eigenvalue weighted by atomic mass is 9.81. The molecule has 0 saturated heterocycles. The van der Waals surface area contributed by atoms with E-state index in [-0.39, 0.29) is 34.1 Å². The Labute approximate surface area is 188 Å². The zero-order valence-electron chi connectivity index (χ0n) is 18.0. The van der Waals surface area contributed by atoms with Crippen LogP contribution in [-0.2, 0) is 19.1 Å². The summed E-state index contributed by atoms with van der Waals surface area (Å²) < 4.78 is 29.0. The number of methoxy groups -OCH3 is 3. The van der Waals surface area contributed by atoms with Crippen molar-refractivity contribution in [2.75, 3.05) is 26.2 Å². The number of esters is 2. The SMILES string of the molecule is COC(=O)C1=C(C(=O)OC)N(c2cc(O)c(F)cc2OC)C(N)=C(C#N)C1c1ccccc1. The molecule has 0 amide bonds. The normalized spacial score (nSPS) is 15.7. The van der Waals surface area contributed by atoms with Crippen molar-refractivity contribution in [2.24, 2.45) is 5.73 Å². The number of carbonyl (C=O) groups excluding carboxylic acids is 2. The van der Waals surface area contributed by atoms with Crippen LogP contribution in [0.4, 0.5) is 10.1 Å². The summed E-state index contributed by atoms with van der Waals surface area (Å²) in [6, 6.07) is 12.3. The first-order chi connectivity index (χ1) is 15.8. The number of halogens is 1. The van der Waals surface area contributed by atoms with Gasteiger partial charge in [0.1, 0.15) is 17.3 Å². The van der Waals surface area contributed by atoms with Crippen LogP contribution in [0.5, 0.6) is 11.5 Å². The van der Waals surface area contributed by atoms with Crippen LogP contribution in [0.15, 0.2) is 65.1 Å². The first-order valence-corrected chi connectivity index (χ1v) is 9.52. The van der Waals surface area contributed by atoms with Crippen LogP contribution in [0.25, 0.3) is 0 Å². The molecule has 0 spiro atoms. The Hall–Kier alpha value is -4.52. The van der Waals surface area contributed by atoms with Gasteiger partial charge in [-0.2, -0.15) is 5.26 Å². The third kappa shape index (κ3) is 3.92. The number of carbonyl (C=O) groups is 2. The van der Waals surface area contributed by atoms with Gasteiger partial charge in [-0.25, -0.2) is 14.0 Å². The van der Waals surface area contributed by atoms with Gasteiger partial charge in [0, 0.05) is 12.1 Å². The van der Waals surface area contributed by atoms with Crippen LogP contribution in [0.2, 0.25) is 0 Å². The summed E-state index contributed by atoms with van der Waals surface area (Å²) in [4.78, 5) is 27.0. The van der Waals surface area contributed by atoms with Crippen molar-refractivity contribution in [1.29, 1.82) is 5.26 Å². The van der Waals surface area contributed by atoms with Gasteiger partial charge in [-0.1, -0.05) is 30.3 Å². The van der Waals surface area contributed by atoms with Crippen molar-refractivity contribution in [1.82, 2.24) is 0 Å². The Morgan fingerprint density at radius 3 is 2.30 bits per heavy atom. The molecule has 3 N–H and O–H groups in total. The van der Waals surface area contributed by atoms with Crippen molar-refractivity contribution in [3.8, 4) is 17.6 Å². The second kappa shape index (κ2) is 9.32. The Balaban J connectivity index is 2.47. The van der Waals surface area contributed by atoms with Gasteiger partial charge in [0.25, 0.3) is 0 Å². The maximum absolute atomic E-state index is 14.0. The molecule has 0 fully saturated rings. The summed E-state index contributed by atoms with van der Waals surface area (Å²) in [5.41, 5.74) is 6.05. The second-order valence-electron chi connectivity index (χ2n) is 6.81. The number of nitriles is 1. The quantitative estimate of drug-likeness (QED) is 0.654. The van der Waals surface area contributed by atoms with Crippen molar-refractivity contribution in [3.05, 3.63) is 76.5 Å². The molecule has 9 nitrogen and oxygen atoms in total. The smallest absolute Gasteiger partial charge is 0.355 e. The van der Waals surface area contributed by atoms with Gasteiger partial charge >= 0.3 is 11.9 Å². The number of hydrogen-bond acceptors (Lipinski definition) is 9. The predicted octanol–water partition coefficient (Wildman–Crippen LogP) is 2.44. The van der Waals surface area contributed by atoms with E-state index in [1.807, 2.05) is 6.07 Å². The molecule has 1 heterocycles. The first kappa shape index (κ1) is 23.1. The molecule has 0 aromatic heterocycles. The van der Waals surface area contributed by atoms with Crippen LogP contribution < -0.4 is 15.4 Å². The molecule has 0 bridgehead atoms. The highest BCUT2D eigenvalue weighted by Crippen LogP contribution is 2.46. The van der Waals surface area contributed by atoms with Crippen LogP contribution in [-0.4, -0.2) is 38.4 Å². The van der Waals surface area contributed by atoms with Crippen molar-refractivity contribution in [3.63, 3.8) is 0 Å². The van der Waals surface area contributed by atoms with E-state index in [2.05, 4.69) is 0 Å². The highest BCUT2D eigenvalue weighted by Gasteiger charge is 2.43. The van der Waals surface area contributed by atoms with Gasteiger partial charge in [-0.3, -0.25) is 4.90 Å². The lowest BCUT2D eigenvalue weighted by Crippen LogP contribution is -2.41. The largest absolute Gasteiger partial charge is 0.505 e. The van der Waals surface area contributed by atoms with Gasteiger partial charge in [0.05, 0.1) is 50.2 Å². The number of anilines is 1. The Morgan fingerprint density at radius 1 is 1.12 bits per heavy atom. The summed E-state index contributed by atoms with van der Waals surface area (Å²) in [5.74, 6) is -5.10. The highest BCUT2D eigenvalue weighted by molar-refractivity contribution is 6.06. The van der Waals surface area contributed by atoms with Crippen LogP contribution in [0, 0.1) is 17.1 Å². The minimum absolute atomic E-state index is 0.0832. The molecule has 1 aliphatic heterocycles. The topological polar surface area (TPSA) is 135 Å². The van der Waals surface area contributed by atoms with Gasteiger partial charge in [-0.15, -0.1) is 0 Å². The summed E-state index contributed by atoms with van der Waals surface area (Å²) in [6.45, 7) is 0. The number of aromatic hydroxyl groups is 1. The van der Waals surface area contributed by atoms with Crippen molar-refractivity contribution in [2.45, 2.75) is 5.92 Å². The highest BCUT2D eigenvalue weighted by atomic mass is 19.1. The van der Waals surface area contributed by atoms with Gasteiger partial charge in [0.2, 0.25) is 0 Å². The van der Waals surface area contributed by atoms with E-state index in [4.69, 9.17) is 19.9 Å². The number of benzene rings is 2. The number of hydrogen-bond donors (Lipinski definition) is 2. The molecule has 170 valence electrons. The molecule has 3 rings (SSSR count). The molecule has 0 saturated carbocycles. The zero-order chi connectivity index (χ0) is 24.3. The number of nitrogens with zero attached hydrogens (tertiary/aromatic N) is 2. The minimum Gasteiger partial charge on any atom is -0.505 e. The van der Waals surface area contributed by atoms with Crippen molar-refractivity contribution < 1.29 is 33.3 Å². The molecule has 33 heavy (non-hydrogen) atoms. The van der Waals surface area contributed by atoms with Gasteiger partial charge in [-0.05, 0) is 5.56 Å². The zero-order valence-corrected chi connectivity index (χ0v) is 18.0. The van der Waals surface area contributed by atoms with E-state index in [0.29, 0.717) is 5.56 Å². The second-order valence-corrected chi connectivity index (χ2v) is 6.81. The van der Waals surface area contributed by atoms with E-state index < -0.39 is 29.4 Å². The summed E-state index contributed by atoms with van der Waals surface area (Å²) in [5, 5.41) is 20.0. The van der Waals surface area contributed by atoms with E-state index in [9.17, 15) is 24.3 Å². The lowest BCUT2D eigenvalue weighted by molar-refractivity contribution is -0.139. The molecule has 0 aliphatic carbocycles. The van der Waals surface area contributed by atoms with Crippen LogP contribution in [0.3, 0.4) is 0 Å². The Kier molecular flexibility index (Phi) is 6.53. The fraction of sp³-hybridized carbons (Fsp3) is 0.174. The summed E-state index contributed by atoms with van der Waals surface area (Å²) in [6.07, 6.45) is 0. The maximum atomic E-state index is 14.0. The predicted molar refractivity (Wildman–Crippen MR) is 114 cm³/mol. The third-order valence-corrected chi connectivity index (χ3v) is 5.10. The molecule has 0 radical (unpaired) electrons. The minimum atomic E-state index is -1.06. The molecule has 1 atom stereocenters. The van der Waals surface area contributed by atoms with Gasteiger partial charge in [0.15, 0.2) is 11.6 Å². The molecule has 1 unspecified atom stereocenters. The lowest BCUT2D eigenvalue weighted by Gasteiger charge is -2.36. The molecular weight excluding hydrogens is 433 g/mol. The van der Waals surface area contributed by atoms with E-state index >= 15 is 0 Å². The third-order valence-electron chi connectivity index (χ3n) is 5.10. The first-order valence-electron chi connectivity index (χ1n) is 9.52. The summed E-state index contributed by atoms with van der Waals surface area (Å²) >= 11 is 0. The number of phenolic OH excluding ortho intramolecular Hbond substituents is 1. The van der Waals surface area contributed by atoms with Gasteiger partial charge < -0.3 is 25.1 Å². The molecule has 1 aliphatic rings. The van der Waals surface area contributed by atoms with Crippen LogP contribution in [0.1, 0.15) is 11.5 Å². The number of phenols is 1. The standard InChI is InChI=1S/C23H20FN3O6/c1-31-17-9-14(24)16(28)10-15(17)27-20(23(30)33-3)19(22(29)32-2)18(13(11-25)21(27)26)12-7-5-4-6-8-12/h4-10,18,28H,26H2,1-3H3. The molecular formula is C23H20FN3O6.